The third-order valence-corrected chi connectivity index (χ3v) is 4.46. The summed E-state index contributed by atoms with van der Waals surface area (Å²) >= 11 is -0.236. The Labute approximate surface area is 51.9 Å². The van der Waals surface area contributed by atoms with Gasteiger partial charge in [-0.2, -0.15) is 0 Å². The second-order valence-corrected chi connectivity index (χ2v) is 5.76. The van der Waals surface area contributed by atoms with Gasteiger partial charge in [0.1, 0.15) is 0 Å². The van der Waals surface area contributed by atoms with E-state index >= 15 is 0 Å². The monoisotopic (exact) mass is 147 g/mol. The summed E-state index contributed by atoms with van der Waals surface area (Å²) in [5.74, 6) is 0. The summed E-state index contributed by atoms with van der Waals surface area (Å²) in [4.78, 5) is 0. The molecular formula is C4H7N2Zn. The Bertz CT molecular complexity index is 85.9. The quantitative estimate of drug-likeness (QED) is 0.459. The van der Waals surface area contributed by atoms with Crippen LogP contribution in [0.15, 0.2) is 12.4 Å². The van der Waals surface area contributed by atoms with Crippen molar-refractivity contribution in [2.75, 3.05) is 6.67 Å². The molecule has 0 amide bonds. The zero-order valence-electron chi connectivity index (χ0n) is 4.46. The topological polar surface area (TPSA) is 6.48 Å². The van der Waals surface area contributed by atoms with E-state index in [1.54, 1.807) is 0 Å². The predicted molar refractivity (Wildman–Crippen MR) is 24.1 cm³/mol. The van der Waals surface area contributed by atoms with Gasteiger partial charge in [-0.1, -0.05) is 7.43 Å². The first-order valence-electron chi connectivity index (χ1n) is 2.11. The standard InChI is InChI=1S/C3H4N2.CH3.Zn/c1-2-5-3-4-1;;/h1-2H,3H2;1H3;/q-2;;+2. The second kappa shape index (κ2) is 1.48. The molecule has 1 radical (unpaired) electrons. The van der Waals surface area contributed by atoms with Crippen molar-refractivity contribution in [1.29, 1.82) is 0 Å². The smallest absolute Gasteiger partial charge is 0.0683 e. The first kappa shape index (κ1) is 5.11. The van der Waals surface area contributed by atoms with Gasteiger partial charge in [0.05, 0.1) is 0 Å². The average Bonchev–Trinajstić information content (AvgIpc) is 1.72. The van der Waals surface area contributed by atoms with Gasteiger partial charge in [-0.05, 0) is 0 Å². The molecule has 3 aliphatic heterocycles. The SMILES string of the molecule is C1=C[N]2C[N]1[Zn]2.[CH3]. The first-order valence-corrected chi connectivity index (χ1v) is 4.77. The Morgan fingerprint density at radius 3 is 1.86 bits per heavy atom. The van der Waals surface area contributed by atoms with Crippen LogP contribution in [0.25, 0.3) is 0 Å². The Kier molecular flexibility index (Phi) is 1.08. The van der Waals surface area contributed by atoms with Gasteiger partial charge in [0.2, 0.25) is 0 Å². The van der Waals surface area contributed by atoms with E-state index in [1.165, 1.54) is 6.67 Å². The van der Waals surface area contributed by atoms with Gasteiger partial charge < -0.3 is 0 Å². The van der Waals surface area contributed by atoms with Crippen LogP contribution < -0.4 is 0 Å². The summed E-state index contributed by atoms with van der Waals surface area (Å²) in [5, 5.41) is 0. The third kappa shape index (κ3) is 0.557. The van der Waals surface area contributed by atoms with Crippen molar-refractivity contribution in [3.63, 3.8) is 0 Å². The van der Waals surface area contributed by atoms with Gasteiger partial charge in [0.25, 0.3) is 0 Å². The minimum absolute atomic E-state index is 0. The van der Waals surface area contributed by atoms with Crippen molar-refractivity contribution in [2.24, 2.45) is 0 Å². The molecule has 35 valence electrons. The molecule has 3 heteroatoms. The van der Waals surface area contributed by atoms with Crippen molar-refractivity contribution in [3.8, 4) is 0 Å². The van der Waals surface area contributed by atoms with E-state index in [-0.39, 0.29) is 25.0 Å². The van der Waals surface area contributed by atoms with Crippen LogP contribution in [0, 0.1) is 7.43 Å². The molecule has 3 rings (SSSR count). The van der Waals surface area contributed by atoms with Crippen LogP contribution >= 0.6 is 0 Å². The van der Waals surface area contributed by atoms with Gasteiger partial charge in [-0.15, -0.1) is 0 Å². The molecule has 2 nitrogen and oxygen atoms in total. The molecule has 0 unspecified atom stereocenters. The van der Waals surface area contributed by atoms with E-state index < -0.39 is 0 Å². The van der Waals surface area contributed by atoms with Crippen LogP contribution in [0.4, 0.5) is 0 Å². The fourth-order valence-corrected chi connectivity index (χ4v) is 3.18. The fourth-order valence-electron chi connectivity index (χ4n) is 0.802. The number of rotatable bonds is 0. The fraction of sp³-hybridized carbons (Fsp3) is 0.250. The zero-order valence-corrected chi connectivity index (χ0v) is 7.43. The maximum absolute atomic E-state index is 2.44. The molecular weight excluding hydrogens is 141 g/mol. The van der Waals surface area contributed by atoms with Gasteiger partial charge in [-0.25, -0.2) is 0 Å². The Morgan fingerprint density at radius 1 is 1.29 bits per heavy atom. The summed E-state index contributed by atoms with van der Waals surface area (Å²) in [6.07, 6.45) is 4.39. The van der Waals surface area contributed by atoms with Crippen LogP contribution in [-0.4, -0.2) is 14.0 Å². The predicted octanol–water partition coefficient (Wildman–Crippen LogP) is 0.409. The molecule has 1 fully saturated rings. The summed E-state index contributed by atoms with van der Waals surface area (Å²) < 4.78 is 4.88. The van der Waals surface area contributed by atoms with E-state index in [0.29, 0.717) is 0 Å². The van der Waals surface area contributed by atoms with Crippen LogP contribution in [0.1, 0.15) is 0 Å². The minimum atomic E-state index is -0.236. The molecule has 0 saturated carbocycles. The molecule has 0 aromatic heterocycles. The number of nitrogens with zero attached hydrogens (tertiary/aromatic N) is 2. The first-order chi connectivity index (χ1) is 2.95. The number of hydrogen-bond donors (Lipinski definition) is 0. The van der Waals surface area contributed by atoms with Crippen LogP contribution in [0.3, 0.4) is 0 Å². The van der Waals surface area contributed by atoms with E-state index in [1.807, 2.05) is 0 Å². The van der Waals surface area contributed by atoms with Crippen LogP contribution in [0.2, 0.25) is 0 Å². The van der Waals surface area contributed by atoms with Crippen LogP contribution in [0.5, 0.6) is 0 Å². The summed E-state index contributed by atoms with van der Waals surface area (Å²) in [6.45, 7) is 1.22. The Morgan fingerprint density at radius 2 is 1.71 bits per heavy atom. The summed E-state index contributed by atoms with van der Waals surface area (Å²) in [5.41, 5.74) is 0. The molecule has 1 saturated heterocycles. The van der Waals surface area contributed by atoms with Crippen molar-refractivity contribution >= 4 is 0 Å². The maximum Gasteiger partial charge on any atom is -0.0683 e. The largest absolute Gasteiger partial charge is 0.0683 e. The average molecular weight is 149 g/mol. The van der Waals surface area contributed by atoms with Crippen molar-refractivity contribution in [1.82, 2.24) is 7.29 Å². The molecule has 3 aliphatic rings. The van der Waals surface area contributed by atoms with Crippen LogP contribution in [-0.2, 0) is 17.6 Å². The maximum atomic E-state index is 2.44. The normalized spacial score (nSPS) is 19.4. The summed E-state index contributed by atoms with van der Waals surface area (Å²) in [7, 11) is 0. The molecule has 0 atom stereocenters. The number of hydrogen-bond acceptors (Lipinski definition) is 2. The van der Waals surface area contributed by atoms with Crippen molar-refractivity contribution < 1.29 is 17.6 Å². The Balaban J connectivity index is 0.000000245. The molecule has 2 bridgehead atoms. The Hall–Kier alpha value is -0.0366. The van der Waals surface area contributed by atoms with Gasteiger partial charge in [0, 0.05) is 0 Å². The zero-order chi connectivity index (χ0) is 3.98. The summed E-state index contributed by atoms with van der Waals surface area (Å²) in [6, 6.07) is 0. The molecule has 0 aromatic carbocycles. The van der Waals surface area contributed by atoms with Gasteiger partial charge in [-0.3, -0.25) is 0 Å². The molecule has 0 spiro atoms. The third-order valence-electron chi connectivity index (χ3n) is 1.21. The molecule has 3 heterocycles. The molecule has 0 aromatic rings. The molecule has 0 N–H and O–H groups in total. The van der Waals surface area contributed by atoms with Crippen molar-refractivity contribution in [3.05, 3.63) is 19.8 Å². The van der Waals surface area contributed by atoms with E-state index in [4.69, 9.17) is 0 Å². The van der Waals surface area contributed by atoms with Crippen molar-refractivity contribution in [2.45, 2.75) is 0 Å². The van der Waals surface area contributed by atoms with E-state index in [9.17, 15) is 0 Å². The molecule has 7 heavy (non-hydrogen) atoms. The van der Waals surface area contributed by atoms with E-state index in [0.717, 1.165) is 0 Å². The van der Waals surface area contributed by atoms with Gasteiger partial charge in [0.15, 0.2) is 0 Å². The molecule has 0 aliphatic carbocycles. The second-order valence-electron chi connectivity index (χ2n) is 1.76. The van der Waals surface area contributed by atoms with E-state index in [2.05, 4.69) is 19.7 Å². The van der Waals surface area contributed by atoms with Gasteiger partial charge >= 0.3 is 44.0 Å². The minimum Gasteiger partial charge on any atom is -0.0683 e.